The molecular weight excluding hydrogens is 148 g/mol. The number of nitrogens with zero attached hydrogens (tertiary/aromatic N) is 1. The lowest BCUT2D eigenvalue weighted by Gasteiger charge is -2.11. The quantitative estimate of drug-likeness (QED) is 0.569. The molecule has 0 unspecified atom stereocenters. The first-order chi connectivity index (χ1) is 5.07. The van der Waals surface area contributed by atoms with Gasteiger partial charge in [0.05, 0.1) is 6.61 Å². The van der Waals surface area contributed by atoms with Gasteiger partial charge in [0, 0.05) is 7.05 Å². The molecule has 0 bridgehead atoms. The number of likely N-dealkylation sites (N-methyl/N-ethyl adjacent to an activating group) is 1. The lowest BCUT2D eigenvalue weighted by molar-refractivity contribution is -0.143. The third-order valence-corrected chi connectivity index (χ3v) is 1.05. The van der Waals surface area contributed by atoms with Crippen LogP contribution < -0.4 is 5.73 Å². The summed E-state index contributed by atoms with van der Waals surface area (Å²) in [5.41, 5.74) is 4.86. The van der Waals surface area contributed by atoms with Gasteiger partial charge < -0.3 is 15.4 Å². The minimum atomic E-state index is -0.641. The van der Waals surface area contributed by atoms with Gasteiger partial charge >= 0.3 is 12.0 Å². The molecule has 0 aliphatic rings. The van der Waals surface area contributed by atoms with Gasteiger partial charge in [-0.3, -0.25) is 4.79 Å². The molecule has 0 aromatic heterocycles. The number of carbonyl (C=O) groups is 2. The van der Waals surface area contributed by atoms with E-state index >= 15 is 0 Å². The van der Waals surface area contributed by atoms with Crippen molar-refractivity contribution >= 4 is 12.0 Å². The van der Waals surface area contributed by atoms with Crippen LogP contribution >= 0.6 is 0 Å². The van der Waals surface area contributed by atoms with Crippen LogP contribution in [0.2, 0.25) is 0 Å². The summed E-state index contributed by atoms with van der Waals surface area (Å²) in [5, 5.41) is 0. The molecule has 0 spiro atoms. The van der Waals surface area contributed by atoms with E-state index in [1.54, 1.807) is 6.92 Å². The number of esters is 1. The van der Waals surface area contributed by atoms with Crippen molar-refractivity contribution in [1.29, 1.82) is 0 Å². The first kappa shape index (κ1) is 9.74. The van der Waals surface area contributed by atoms with Crippen LogP contribution in [0.15, 0.2) is 0 Å². The standard InChI is InChI=1S/C6H12N2O3/c1-3-11-5(9)4-8(2)6(7)10/h3-4H2,1-2H3,(H2,7,10). The fourth-order valence-electron chi connectivity index (χ4n) is 0.478. The van der Waals surface area contributed by atoms with Crippen LogP contribution in [-0.4, -0.2) is 37.1 Å². The maximum Gasteiger partial charge on any atom is 0.325 e. The van der Waals surface area contributed by atoms with Crippen molar-refractivity contribution < 1.29 is 14.3 Å². The third-order valence-electron chi connectivity index (χ3n) is 1.05. The highest BCUT2D eigenvalue weighted by molar-refractivity contribution is 5.79. The molecule has 0 saturated carbocycles. The number of hydrogen-bond donors (Lipinski definition) is 1. The lowest BCUT2D eigenvalue weighted by atomic mass is 10.6. The molecule has 0 aromatic carbocycles. The van der Waals surface area contributed by atoms with E-state index < -0.39 is 12.0 Å². The van der Waals surface area contributed by atoms with Crippen molar-refractivity contribution in [3.05, 3.63) is 0 Å². The fourth-order valence-corrected chi connectivity index (χ4v) is 0.478. The van der Waals surface area contributed by atoms with Crippen molar-refractivity contribution in [3.63, 3.8) is 0 Å². The SMILES string of the molecule is CCOC(=O)CN(C)C(N)=O. The number of hydrogen-bond acceptors (Lipinski definition) is 3. The third kappa shape index (κ3) is 4.19. The molecular formula is C6H12N2O3. The highest BCUT2D eigenvalue weighted by Crippen LogP contribution is 1.84. The predicted molar refractivity (Wildman–Crippen MR) is 38.8 cm³/mol. The van der Waals surface area contributed by atoms with E-state index in [-0.39, 0.29) is 6.54 Å². The molecule has 0 saturated heterocycles. The normalized spacial score (nSPS) is 8.91. The maximum absolute atomic E-state index is 10.7. The van der Waals surface area contributed by atoms with E-state index in [0.29, 0.717) is 6.61 Å². The van der Waals surface area contributed by atoms with Gasteiger partial charge in [0.15, 0.2) is 0 Å². The summed E-state index contributed by atoms with van der Waals surface area (Å²) in [6.45, 7) is 1.91. The van der Waals surface area contributed by atoms with E-state index in [9.17, 15) is 9.59 Å². The summed E-state index contributed by atoms with van der Waals surface area (Å²) in [6, 6.07) is -0.641. The first-order valence-corrected chi connectivity index (χ1v) is 3.24. The summed E-state index contributed by atoms with van der Waals surface area (Å²) < 4.78 is 4.57. The summed E-state index contributed by atoms with van der Waals surface area (Å²) in [4.78, 5) is 22.1. The second kappa shape index (κ2) is 4.54. The summed E-state index contributed by atoms with van der Waals surface area (Å²) >= 11 is 0. The zero-order valence-corrected chi connectivity index (χ0v) is 6.66. The van der Waals surface area contributed by atoms with Gasteiger partial charge in [-0.25, -0.2) is 4.79 Å². The minimum absolute atomic E-state index is 0.0941. The van der Waals surface area contributed by atoms with E-state index in [2.05, 4.69) is 4.74 Å². The average molecular weight is 160 g/mol. The number of urea groups is 1. The molecule has 0 fully saturated rings. The van der Waals surface area contributed by atoms with Crippen molar-refractivity contribution in [3.8, 4) is 0 Å². The van der Waals surface area contributed by atoms with Gasteiger partial charge in [0.1, 0.15) is 6.54 Å². The molecule has 0 aromatic rings. The number of primary amides is 1. The Labute approximate surface area is 65.1 Å². The van der Waals surface area contributed by atoms with Crippen LogP contribution in [0.25, 0.3) is 0 Å². The molecule has 0 heterocycles. The number of amides is 2. The largest absolute Gasteiger partial charge is 0.465 e. The summed E-state index contributed by atoms with van der Waals surface area (Å²) in [5.74, 6) is -0.450. The molecule has 5 nitrogen and oxygen atoms in total. The minimum Gasteiger partial charge on any atom is -0.465 e. The first-order valence-electron chi connectivity index (χ1n) is 3.24. The molecule has 0 radical (unpaired) electrons. The molecule has 2 N–H and O–H groups in total. The van der Waals surface area contributed by atoms with E-state index in [1.807, 2.05) is 0 Å². The average Bonchev–Trinajstić information content (AvgIpc) is 1.87. The Morgan fingerprint density at radius 2 is 2.09 bits per heavy atom. The molecule has 0 aliphatic carbocycles. The van der Waals surface area contributed by atoms with Crippen LogP contribution in [0.5, 0.6) is 0 Å². The lowest BCUT2D eigenvalue weighted by Crippen LogP contribution is -2.36. The van der Waals surface area contributed by atoms with E-state index in [1.165, 1.54) is 7.05 Å². The van der Waals surface area contributed by atoms with Gasteiger partial charge in [0.2, 0.25) is 0 Å². The number of carbonyl (C=O) groups excluding carboxylic acids is 2. The Morgan fingerprint density at radius 1 is 1.55 bits per heavy atom. The number of nitrogens with two attached hydrogens (primary N) is 1. The molecule has 11 heavy (non-hydrogen) atoms. The second-order valence-corrected chi connectivity index (χ2v) is 2.00. The van der Waals surface area contributed by atoms with Crippen LogP contribution in [-0.2, 0) is 9.53 Å². The van der Waals surface area contributed by atoms with Gasteiger partial charge in [0.25, 0.3) is 0 Å². The van der Waals surface area contributed by atoms with Gasteiger partial charge in [-0.1, -0.05) is 0 Å². The Bertz CT molecular complexity index is 158. The van der Waals surface area contributed by atoms with E-state index in [4.69, 9.17) is 5.73 Å². The highest BCUT2D eigenvalue weighted by Gasteiger charge is 2.08. The Morgan fingerprint density at radius 3 is 2.45 bits per heavy atom. The predicted octanol–water partition coefficient (Wildman–Crippen LogP) is -0.440. The summed E-state index contributed by atoms with van der Waals surface area (Å²) in [7, 11) is 1.43. The highest BCUT2D eigenvalue weighted by atomic mass is 16.5. The Hall–Kier alpha value is -1.26. The van der Waals surface area contributed by atoms with Crippen LogP contribution in [0.1, 0.15) is 6.92 Å². The van der Waals surface area contributed by atoms with Gasteiger partial charge in [-0.05, 0) is 6.92 Å². The molecule has 0 atom stereocenters. The second-order valence-electron chi connectivity index (χ2n) is 2.00. The van der Waals surface area contributed by atoms with Crippen LogP contribution in [0.4, 0.5) is 4.79 Å². The van der Waals surface area contributed by atoms with E-state index in [0.717, 1.165) is 4.90 Å². The molecule has 64 valence electrons. The maximum atomic E-state index is 10.7. The van der Waals surface area contributed by atoms with Gasteiger partial charge in [-0.15, -0.1) is 0 Å². The van der Waals surface area contributed by atoms with Crippen LogP contribution in [0.3, 0.4) is 0 Å². The zero-order valence-electron chi connectivity index (χ0n) is 6.66. The molecule has 2 amide bonds. The van der Waals surface area contributed by atoms with Crippen molar-refractivity contribution in [1.82, 2.24) is 4.90 Å². The Kier molecular flexibility index (Phi) is 4.02. The fraction of sp³-hybridized carbons (Fsp3) is 0.667. The smallest absolute Gasteiger partial charge is 0.325 e. The van der Waals surface area contributed by atoms with Crippen molar-refractivity contribution in [2.45, 2.75) is 6.92 Å². The van der Waals surface area contributed by atoms with Crippen LogP contribution in [0, 0.1) is 0 Å². The number of rotatable bonds is 3. The number of ether oxygens (including phenoxy) is 1. The van der Waals surface area contributed by atoms with Gasteiger partial charge in [-0.2, -0.15) is 0 Å². The molecule has 0 rings (SSSR count). The van der Waals surface area contributed by atoms with Crippen molar-refractivity contribution in [2.75, 3.05) is 20.2 Å². The van der Waals surface area contributed by atoms with Crippen molar-refractivity contribution in [2.24, 2.45) is 5.73 Å². The molecule has 0 aliphatic heterocycles. The zero-order chi connectivity index (χ0) is 8.85. The molecule has 5 heteroatoms. The Balaban J connectivity index is 3.66. The summed E-state index contributed by atoms with van der Waals surface area (Å²) in [6.07, 6.45) is 0. The topological polar surface area (TPSA) is 72.6 Å². The monoisotopic (exact) mass is 160 g/mol.